The summed E-state index contributed by atoms with van der Waals surface area (Å²) in [6, 6.07) is 11.3. The van der Waals surface area contributed by atoms with Crippen molar-refractivity contribution >= 4 is 40.4 Å². The number of aryl methyl sites for hydroxylation is 3. The molecule has 1 amide bonds. The molecule has 0 aliphatic rings. The third kappa shape index (κ3) is 4.09. The first-order chi connectivity index (χ1) is 13.3. The molecule has 0 saturated carbocycles. The zero-order valence-electron chi connectivity index (χ0n) is 16.3. The number of amides is 1. The van der Waals surface area contributed by atoms with Gasteiger partial charge in [0.1, 0.15) is 0 Å². The Kier molecular flexibility index (Phi) is 6.43. The molecule has 146 valence electrons. The van der Waals surface area contributed by atoms with Crippen LogP contribution >= 0.6 is 34.5 Å². The number of benzene rings is 2. The number of carbonyl (C=O) groups is 1. The van der Waals surface area contributed by atoms with Crippen LogP contribution in [0, 0.1) is 13.8 Å². The van der Waals surface area contributed by atoms with Crippen molar-refractivity contribution in [1.82, 2.24) is 4.57 Å². The largest absolute Gasteiger partial charge is 0.316 e. The maximum Gasteiger partial charge on any atom is 0.281 e. The molecule has 0 fully saturated rings. The van der Waals surface area contributed by atoms with Gasteiger partial charge in [-0.05, 0) is 68.1 Å². The van der Waals surface area contributed by atoms with E-state index in [2.05, 4.69) is 55.5 Å². The van der Waals surface area contributed by atoms with E-state index in [0.29, 0.717) is 20.4 Å². The minimum Gasteiger partial charge on any atom is -0.316 e. The average Bonchev–Trinajstić information content (AvgIpc) is 3.01. The maximum absolute atomic E-state index is 12.8. The van der Waals surface area contributed by atoms with E-state index in [1.807, 2.05) is 0 Å². The molecule has 0 unspecified atom stereocenters. The van der Waals surface area contributed by atoms with Crippen LogP contribution in [0.1, 0.15) is 40.2 Å². The van der Waals surface area contributed by atoms with Gasteiger partial charge < -0.3 is 4.57 Å². The van der Waals surface area contributed by atoms with E-state index in [-0.39, 0.29) is 5.91 Å². The minimum absolute atomic E-state index is 0.311. The highest BCUT2D eigenvalue weighted by molar-refractivity contribution is 7.09. The summed E-state index contributed by atoms with van der Waals surface area (Å²) in [5.41, 5.74) is 5.14. The Morgan fingerprint density at radius 2 is 1.82 bits per heavy atom. The topological polar surface area (TPSA) is 34.4 Å². The molecule has 0 aliphatic heterocycles. The highest BCUT2D eigenvalue weighted by Crippen LogP contribution is 2.28. The van der Waals surface area contributed by atoms with Crippen LogP contribution in [0.3, 0.4) is 0 Å². The summed E-state index contributed by atoms with van der Waals surface area (Å²) in [5, 5.41) is 0.803. The third-order valence-electron chi connectivity index (χ3n) is 4.76. The summed E-state index contributed by atoms with van der Waals surface area (Å²) in [6.45, 7) is 9.13. The Labute approximate surface area is 179 Å². The van der Waals surface area contributed by atoms with Gasteiger partial charge in [0, 0.05) is 16.4 Å². The monoisotopic (exact) mass is 432 g/mol. The molecule has 1 heterocycles. The summed E-state index contributed by atoms with van der Waals surface area (Å²) in [7, 11) is 0. The lowest BCUT2D eigenvalue weighted by atomic mass is 10.0. The van der Waals surface area contributed by atoms with Crippen LogP contribution in [0.25, 0.3) is 11.3 Å². The van der Waals surface area contributed by atoms with Crippen molar-refractivity contribution in [3.05, 3.63) is 72.8 Å². The number of hydrogen-bond donors (Lipinski definition) is 0. The molecule has 2 aromatic carbocycles. The molecule has 1 aromatic heterocycles. The van der Waals surface area contributed by atoms with Crippen molar-refractivity contribution in [3.8, 4) is 11.3 Å². The number of rotatable bonds is 4. The second-order valence-corrected chi connectivity index (χ2v) is 8.50. The number of carbonyl (C=O) groups excluding carboxylic acids is 1. The molecule has 3 rings (SSSR count). The van der Waals surface area contributed by atoms with Gasteiger partial charge in [0.25, 0.3) is 5.91 Å². The first kappa shape index (κ1) is 20.8. The molecule has 0 bridgehead atoms. The number of aromatic nitrogens is 1. The highest BCUT2D eigenvalue weighted by Gasteiger charge is 2.16. The summed E-state index contributed by atoms with van der Waals surface area (Å²) in [5.74, 6) is -0.362. The fourth-order valence-corrected chi connectivity index (χ4v) is 4.73. The Morgan fingerprint density at radius 1 is 1.07 bits per heavy atom. The SMILES string of the molecule is CCc1sc(=NC(=O)c2ccc(Cl)cc2Cl)n(CC)c1-c1ccc(C)c(C)c1. The molecule has 0 atom stereocenters. The second-order valence-electron chi connectivity index (χ2n) is 6.59. The van der Waals surface area contributed by atoms with Gasteiger partial charge in [-0.25, -0.2) is 0 Å². The Bertz CT molecular complexity index is 1110. The Morgan fingerprint density at radius 3 is 2.43 bits per heavy atom. The van der Waals surface area contributed by atoms with Crippen LogP contribution in [0.4, 0.5) is 0 Å². The van der Waals surface area contributed by atoms with Crippen molar-refractivity contribution in [2.24, 2.45) is 4.99 Å². The first-order valence-corrected chi connectivity index (χ1v) is 10.8. The van der Waals surface area contributed by atoms with Crippen LogP contribution < -0.4 is 4.80 Å². The van der Waals surface area contributed by atoms with Crippen LogP contribution in [0.15, 0.2) is 41.4 Å². The van der Waals surface area contributed by atoms with Crippen molar-refractivity contribution < 1.29 is 4.79 Å². The van der Waals surface area contributed by atoms with E-state index in [4.69, 9.17) is 23.2 Å². The molecule has 3 aromatic rings. The zero-order valence-corrected chi connectivity index (χ0v) is 18.7. The Hall–Kier alpha value is -1.88. The molecule has 0 N–H and O–H groups in total. The molecule has 0 spiro atoms. The number of nitrogens with zero attached hydrogens (tertiary/aromatic N) is 2. The lowest BCUT2D eigenvalue weighted by Gasteiger charge is -2.10. The standard InChI is InChI=1S/C22H22Cl2N2OS/c1-5-19-20(15-8-7-13(3)14(4)11-15)26(6-2)22(28-19)25-21(27)17-10-9-16(23)12-18(17)24/h7-12H,5-6H2,1-4H3. The van der Waals surface area contributed by atoms with Crippen molar-refractivity contribution in [1.29, 1.82) is 0 Å². The van der Waals surface area contributed by atoms with Gasteiger partial charge in [0.05, 0.1) is 16.3 Å². The van der Waals surface area contributed by atoms with Gasteiger partial charge in [-0.1, -0.05) is 42.3 Å². The quantitative estimate of drug-likeness (QED) is 0.465. The van der Waals surface area contributed by atoms with Gasteiger partial charge in [-0.15, -0.1) is 11.3 Å². The molecule has 0 saturated heterocycles. The fraction of sp³-hybridized carbons (Fsp3) is 0.273. The van der Waals surface area contributed by atoms with Crippen LogP contribution in [-0.2, 0) is 13.0 Å². The zero-order chi connectivity index (χ0) is 20.4. The summed E-state index contributed by atoms with van der Waals surface area (Å²) in [6.07, 6.45) is 0.873. The van der Waals surface area contributed by atoms with Crippen molar-refractivity contribution in [2.75, 3.05) is 0 Å². The number of halogens is 2. The first-order valence-electron chi connectivity index (χ1n) is 9.19. The molecular formula is C22H22Cl2N2OS. The van der Waals surface area contributed by atoms with Crippen LogP contribution in [-0.4, -0.2) is 10.5 Å². The van der Waals surface area contributed by atoms with Crippen molar-refractivity contribution in [3.63, 3.8) is 0 Å². The van der Waals surface area contributed by atoms with E-state index in [0.717, 1.165) is 24.2 Å². The molecule has 3 nitrogen and oxygen atoms in total. The molecule has 6 heteroatoms. The van der Waals surface area contributed by atoms with E-state index >= 15 is 0 Å². The predicted molar refractivity (Wildman–Crippen MR) is 119 cm³/mol. The smallest absolute Gasteiger partial charge is 0.281 e. The predicted octanol–water partition coefficient (Wildman–Crippen LogP) is 6.46. The number of thiazole rings is 1. The lowest BCUT2D eigenvalue weighted by Crippen LogP contribution is -2.17. The third-order valence-corrected chi connectivity index (χ3v) is 6.53. The maximum atomic E-state index is 12.8. The molecule has 0 aliphatic carbocycles. The van der Waals surface area contributed by atoms with Gasteiger partial charge >= 0.3 is 0 Å². The Balaban J connectivity index is 2.16. The van der Waals surface area contributed by atoms with Gasteiger partial charge in [0.15, 0.2) is 4.80 Å². The van der Waals surface area contributed by atoms with Gasteiger partial charge in [-0.3, -0.25) is 4.79 Å². The summed E-state index contributed by atoms with van der Waals surface area (Å²) in [4.78, 5) is 19.0. The molecule has 28 heavy (non-hydrogen) atoms. The van der Waals surface area contributed by atoms with Crippen molar-refractivity contribution in [2.45, 2.75) is 40.7 Å². The van der Waals surface area contributed by atoms with Crippen LogP contribution in [0.2, 0.25) is 10.0 Å². The molecule has 0 radical (unpaired) electrons. The lowest BCUT2D eigenvalue weighted by molar-refractivity contribution is 0.0998. The number of hydrogen-bond acceptors (Lipinski definition) is 2. The van der Waals surface area contributed by atoms with Crippen LogP contribution in [0.5, 0.6) is 0 Å². The fourth-order valence-electron chi connectivity index (χ4n) is 3.09. The van der Waals surface area contributed by atoms with E-state index in [9.17, 15) is 4.79 Å². The van der Waals surface area contributed by atoms with Gasteiger partial charge in [0.2, 0.25) is 0 Å². The summed E-state index contributed by atoms with van der Waals surface area (Å²) < 4.78 is 2.11. The van der Waals surface area contributed by atoms with E-state index in [1.165, 1.54) is 16.0 Å². The highest BCUT2D eigenvalue weighted by atomic mass is 35.5. The van der Waals surface area contributed by atoms with Gasteiger partial charge in [-0.2, -0.15) is 4.99 Å². The molecular weight excluding hydrogens is 411 g/mol. The summed E-state index contributed by atoms with van der Waals surface area (Å²) >= 11 is 13.7. The average molecular weight is 433 g/mol. The normalized spacial score (nSPS) is 11.9. The van der Waals surface area contributed by atoms with E-state index < -0.39 is 0 Å². The van der Waals surface area contributed by atoms with E-state index in [1.54, 1.807) is 29.5 Å². The minimum atomic E-state index is -0.362. The second kappa shape index (κ2) is 8.64.